The summed E-state index contributed by atoms with van der Waals surface area (Å²) in [6, 6.07) is 6.86. The zero-order chi connectivity index (χ0) is 10.8. The molecule has 2 nitrogen and oxygen atoms in total. The Morgan fingerprint density at radius 1 is 1.53 bits per heavy atom. The molecule has 0 radical (unpaired) electrons. The molecule has 1 heterocycles. The summed E-state index contributed by atoms with van der Waals surface area (Å²) in [7, 11) is 2.01. The van der Waals surface area contributed by atoms with Crippen LogP contribution in [-0.4, -0.2) is 19.7 Å². The second-order valence-electron chi connectivity index (χ2n) is 4.42. The molecular weight excluding hydrogens is 186 g/mol. The Balaban J connectivity index is 2.20. The van der Waals surface area contributed by atoms with Gasteiger partial charge in [0.15, 0.2) is 0 Å². The molecule has 0 aromatic heterocycles. The molecular formula is C13H19NO. The topological polar surface area (TPSA) is 21.3 Å². The van der Waals surface area contributed by atoms with E-state index in [1.165, 1.54) is 11.1 Å². The largest absolute Gasteiger partial charge is 0.493 e. The van der Waals surface area contributed by atoms with Crippen molar-refractivity contribution in [2.75, 3.05) is 13.7 Å². The number of rotatable bonds is 3. The molecule has 2 atom stereocenters. The third kappa shape index (κ3) is 2.00. The first kappa shape index (κ1) is 10.5. The molecule has 1 N–H and O–H groups in total. The van der Waals surface area contributed by atoms with Crippen molar-refractivity contribution >= 4 is 0 Å². The molecule has 0 saturated heterocycles. The third-order valence-electron chi connectivity index (χ3n) is 3.26. The molecule has 2 rings (SSSR count). The van der Waals surface area contributed by atoms with Gasteiger partial charge in [-0.1, -0.05) is 12.1 Å². The van der Waals surface area contributed by atoms with Crippen LogP contribution in [-0.2, 0) is 0 Å². The minimum Gasteiger partial charge on any atom is -0.493 e. The highest BCUT2D eigenvalue weighted by atomic mass is 16.5. The Hall–Kier alpha value is -1.02. The van der Waals surface area contributed by atoms with E-state index in [1.54, 1.807) is 0 Å². The van der Waals surface area contributed by atoms with Gasteiger partial charge >= 0.3 is 0 Å². The monoisotopic (exact) mass is 205 g/mol. The molecule has 15 heavy (non-hydrogen) atoms. The number of fused-ring (bicyclic) bond motifs is 1. The number of hydrogen-bond donors (Lipinski definition) is 1. The van der Waals surface area contributed by atoms with E-state index in [9.17, 15) is 0 Å². The van der Waals surface area contributed by atoms with Crippen molar-refractivity contribution in [1.82, 2.24) is 5.32 Å². The van der Waals surface area contributed by atoms with Gasteiger partial charge in [-0.05, 0) is 38.9 Å². The molecule has 1 aromatic carbocycles. The molecule has 2 heteroatoms. The molecule has 1 aromatic rings. The lowest BCUT2D eigenvalue weighted by Crippen LogP contribution is -2.24. The van der Waals surface area contributed by atoms with Gasteiger partial charge in [-0.15, -0.1) is 0 Å². The maximum Gasteiger partial charge on any atom is 0.123 e. The van der Waals surface area contributed by atoms with Gasteiger partial charge in [0.2, 0.25) is 0 Å². The fraction of sp³-hybridized carbons (Fsp3) is 0.538. The summed E-state index contributed by atoms with van der Waals surface area (Å²) in [5.74, 6) is 1.65. The lowest BCUT2D eigenvalue weighted by Gasteiger charge is -2.16. The fourth-order valence-electron chi connectivity index (χ4n) is 2.31. The van der Waals surface area contributed by atoms with Crippen LogP contribution in [0.3, 0.4) is 0 Å². The number of nitrogens with one attached hydrogen (secondary N) is 1. The highest BCUT2D eigenvalue weighted by Gasteiger charge is 2.26. The standard InChI is InChI=1S/C13H19NO/c1-9-5-4-6-12-13(9)11(8-15-12)7-10(2)14-3/h4-6,10-11,14H,7-8H2,1-3H3. The molecule has 1 aliphatic heterocycles. The van der Waals surface area contributed by atoms with Gasteiger partial charge in [0.1, 0.15) is 5.75 Å². The highest BCUT2D eigenvalue weighted by molar-refractivity contribution is 5.45. The number of hydrogen-bond acceptors (Lipinski definition) is 2. The maximum atomic E-state index is 5.71. The van der Waals surface area contributed by atoms with Gasteiger partial charge in [-0.25, -0.2) is 0 Å². The molecule has 2 unspecified atom stereocenters. The van der Waals surface area contributed by atoms with Crippen molar-refractivity contribution < 1.29 is 4.74 Å². The second-order valence-corrected chi connectivity index (χ2v) is 4.42. The van der Waals surface area contributed by atoms with Crippen molar-refractivity contribution in [3.8, 4) is 5.75 Å². The van der Waals surface area contributed by atoms with E-state index in [1.807, 2.05) is 7.05 Å². The van der Waals surface area contributed by atoms with Crippen LogP contribution in [0.25, 0.3) is 0 Å². The van der Waals surface area contributed by atoms with Gasteiger partial charge in [-0.3, -0.25) is 0 Å². The average molecular weight is 205 g/mol. The lowest BCUT2D eigenvalue weighted by molar-refractivity contribution is 0.316. The fourth-order valence-corrected chi connectivity index (χ4v) is 2.31. The van der Waals surface area contributed by atoms with Crippen molar-refractivity contribution in [2.45, 2.75) is 32.2 Å². The van der Waals surface area contributed by atoms with E-state index >= 15 is 0 Å². The summed E-state index contributed by atoms with van der Waals surface area (Å²) in [5, 5.41) is 3.29. The SMILES string of the molecule is CNC(C)CC1COc2cccc(C)c21. The van der Waals surface area contributed by atoms with Crippen molar-refractivity contribution in [3.63, 3.8) is 0 Å². The molecule has 0 aliphatic carbocycles. The Morgan fingerprint density at radius 2 is 2.33 bits per heavy atom. The zero-order valence-electron chi connectivity index (χ0n) is 9.71. The van der Waals surface area contributed by atoms with Gasteiger partial charge in [0.05, 0.1) is 6.61 Å². The van der Waals surface area contributed by atoms with Crippen LogP contribution in [0, 0.1) is 6.92 Å². The molecule has 0 amide bonds. The molecule has 0 fully saturated rings. The van der Waals surface area contributed by atoms with Crippen LogP contribution in [0.2, 0.25) is 0 Å². The van der Waals surface area contributed by atoms with E-state index in [-0.39, 0.29) is 0 Å². The van der Waals surface area contributed by atoms with Crippen molar-refractivity contribution in [3.05, 3.63) is 29.3 Å². The first-order valence-corrected chi connectivity index (χ1v) is 5.62. The van der Waals surface area contributed by atoms with Crippen LogP contribution in [0.5, 0.6) is 5.75 Å². The van der Waals surface area contributed by atoms with E-state index in [4.69, 9.17) is 4.74 Å². The van der Waals surface area contributed by atoms with Crippen LogP contribution < -0.4 is 10.1 Å². The molecule has 0 spiro atoms. The van der Waals surface area contributed by atoms with Gasteiger partial charge < -0.3 is 10.1 Å². The van der Waals surface area contributed by atoms with E-state index in [0.29, 0.717) is 12.0 Å². The van der Waals surface area contributed by atoms with E-state index < -0.39 is 0 Å². The first-order valence-electron chi connectivity index (χ1n) is 5.62. The van der Waals surface area contributed by atoms with Crippen LogP contribution in [0.15, 0.2) is 18.2 Å². The lowest BCUT2D eigenvalue weighted by atomic mass is 9.91. The number of ether oxygens (including phenoxy) is 1. The van der Waals surface area contributed by atoms with Gasteiger partial charge in [0, 0.05) is 17.5 Å². The van der Waals surface area contributed by atoms with Crippen LogP contribution in [0.1, 0.15) is 30.4 Å². The Kier molecular flexibility index (Phi) is 2.96. The minimum absolute atomic E-state index is 0.546. The van der Waals surface area contributed by atoms with E-state index in [0.717, 1.165) is 18.8 Å². The summed E-state index contributed by atoms with van der Waals surface area (Å²) >= 11 is 0. The quantitative estimate of drug-likeness (QED) is 0.818. The minimum atomic E-state index is 0.546. The predicted octanol–water partition coefficient (Wildman–Crippen LogP) is 2.47. The average Bonchev–Trinajstić information content (AvgIpc) is 2.63. The first-order chi connectivity index (χ1) is 7.22. The molecule has 82 valence electrons. The summed E-state index contributed by atoms with van der Waals surface area (Å²) in [6.45, 7) is 5.23. The molecule has 0 bridgehead atoms. The highest BCUT2D eigenvalue weighted by Crippen LogP contribution is 2.38. The zero-order valence-corrected chi connectivity index (χ0v) is 9.71. The Labute approximate surface area is 91.6 Å². The summed E-state index contributed by atoms with van der Waals surface area (Å²) in [6.07, 6.45) is 1.15. The Morgan fingerprint density at radius 3 is 3.07 bits per heavy atom. The molecule has 1 aliphatic rings. The maximum absolute atomic E-state index is 5.71. The van der Waals surface area contributed by atoms with Crippen LogP contribution in [0.4, 0.5) is 0 Å². The summed E-state index contributed by atoms with van der Waals surface area (Å²) in [5.41, 5.74) is 2.78. The van der Waals surface area contributed by atoms with Crippen molar-refractivity contribution in [2.24, 2.45) is 0 Å². The predicted molar refractivity (Wildman–Crippen MR) is 62.6 cm³/mol. The number of aryl methyl sites for hydroxylation is 1. The van der Waals surface area contributed by atoms with Gasteiger partial charge in [0.25, 0.3) is 0 Å². The Bertz CT molecular complexity index is 348. The third-order valence-corrected chi connectivity index (χ3v) is 3.26. The van der Waals surface area contributed by atoms with Crippen molar-refractivity contribution in [1.29, 1.82) is 0 Å². The van der Waals surface area contributed by atoms with E-state index in [2.05, 4.69) is 37.4 Å². The second kappa shape index (κ2) is 4.23. The smallest absolute Gasteiger partial charge is 0.123 e. The summed E-state index contributed by atoms with van der Waals surface area (Å²) < 4.78 is 5.71. The van der Waals surface area contributed by atoms with Crippen LogP contribution >= 0.6 is 0 Å². The normalized spacial score (nSPS) is 20.9. The van der Waals surface area contributed by atoms with Gasteiger partial charge in [-0.2, -0.15) is 0 Å². The summed E-state index contributed by atoms with van der Waals surface area (Å²) in [4.78, 5) is 0. The molecule has 0 saturated carbocycles. The number of benzene rings is 1.